The Morgan fingerprint density at radius 1 is 1.06 bits per heavy atom. The SMILES string of the molecule is O=C1c2ccncc2C(=O)N1c1cccc(O)c1. The van der Waals surface area contributed by atoms with Gasteiger partial charge in [-0.25, -0.2) is 4.90 Å². The largest absolute Gasteiger partial charge is 0.508 e. The summed E-state index contributed by atoms with van der Waals surface area (Å²) in [5.41, 5.74) is 0.963. The van der Waals surface area contributed by atoms with Gasteiger partial charge in [-0.1, -0.05) is 6.07 Å². The fraction of sp³-hybridized carbons (Fsp3) is 0. The van der Waals surface area contributed by atoms with Crippen molar-refractivity contribution in [2.24, 2.45) is 0 Å². The van der Waals surface area contributed by atoms with Gasteiger partial charge in [-0.3, -0.25) is 14.6 Å². The number of carbonyl (C=O) groups excluding carboxylic acids is 2. The van der Waals surface area contributed by atoms with Crippen molar-refractivity contribution in [1.29, 1.82) is 0 Å². The lowest BCUT2D eigenvalue weighted by molar-refractivity contribution is 0.0926. The summed E-state index contributed by atoms with van der Waals surface area (Å²) in [6.07, 6.45) is 2.84. The van der Waals surface area contributed by atoms with E-state index in [1.165, 1.54) is 30.6 Å². The van der Waals surface area contributed by atoms with Crippen LogP contribution in [-0.2, 0) is 0 Å². The van der Waals surface area contributed by atoms with Crippen LogP contribution in [0.25, 0.3) is 0 Å². The van der Waals surface area contributed by atoms with Gasteiger partial charge in [0.25, 0.3) is 11.8 Å². The predicted octanol–water partition coefficient (Wildman–Crippen LogP) is 1.59. The molecule has 5 heteroatoms. The normalized spacial score (nSPS) is 13.9. The first kappa shape index (κ1) is 10.5. The molecular formula is C13H8N2O3. The van der Waals surface area contributed by atoms with E-state index in [2.05, 4.69) is 4.98 Å². The van der Waals surface area contributed by atoms with E-state index in [-0.39, 0.29) is 11.3 Å². The van der Waals surface area contributed by atoms with E-state index in [4.69, 9.17) is 0 Å². The average Bonchev–Trinajstić information content (AvgIpc) is 2.63. The Bertz CT molecular complexity index is 632. The lowest BCUT2D eigenvalue weighted by Crippen LogP contribution is -2.29. The van der Waals surface area contributed by atoms with Gasteiger partial charge in [0.1, 0.15) is 5.75 Å². The fourth-order valence-corrected chi connectivity index (χ4v) is 1.95. The third-order valence-electron chi connectivity index (χ3n) is 2.78. The van der Waals surface area contributed by atoms with Crippen molar-refractivity contribution in [2.45, 2.75) is 0 Å². The highest BCUT2D eigenvalue weighted by molar-refractivity contribution is 6.34. The number of pyridine rings is 1. The summed E-state index contributed by atoms with van der Waals surface area (Å²) in [5, 5.41) is 9.40. The van der Waals surface area contributed by atoms with E-state index in [0.717, 1.165) is 4.90 Å². The number of benzene rings is 1. The van der Waals surface area contributed by atoms with E-state index in [1.54, 1.807) is 12.1 Å². The van der Waals surface area contributed by atoms with Gasteiger partial charge in [0.05, 0.1) is 16.8 Å². The van der Waals surface area contributed by atoms with Gasteiger partial charge in [-0.2, -0.15) is 0 Å². The summed E-state index contributed by atoms with van der Waals surface area (Å²) in [4.78, 5) is 29.1. The molecule has 2 heterocycles. The Morgan fingerprint density at radius 2 is 1.83 bits per heavy atom. The van der Waals surface area contributed by atoms with Crippen LogP contribution in [0.1, 0.15) is 20.7 Å². The molecule has 0 bridgehead atoms. The van der Waals surface area contributed by atoms with Crippen molar-refractivity contribution in [3.63, 3.8) is 0 Å². The van der Waals surface area contributed by atoms with Crippen molar-refractivity contribution in [3.05, 3.63) is 53.9 Å². The minimum absolute atomic E-state index is 0.00202. The first-order valence-electron chi connectivity index (χ1n) is 5.30. The van der Waals surface area contributed by atoms with Crippen molar-refractivity contribution in [1.82, 2.24) is 4.98 Å². The number of hydrogen-bond acceptors (Lipinski definition) is 4. The molecule has 1 aliphatic heterocycles. The van der Waals surface area contributed by atoms with E-state index < -0.39 is 11.8 Å². The maximum Gasteiger partial charge on any atom is 0.267 e. The van der Waals surface area contributed by atoms with Gasteiger partial charge in [0, 0.05) is 18.5 Å². The van der Waals surface area contributed by atoms with Gasteiger partial charge >= 0.3 is 0 Å². The molecule has 1 aromatic heterocycles. The zero-order chi connectivity index (χ0) is 12.7. The summed E-state index contributed by atoms with van der Waals surface area (Å²) >= 11 is 0. The number of phenolic OH excluding ortho intramolecular Hbond substituents is 1. The van der Waals surface area contributed by atoms with E-state index >= 15 is 0 Å². The number of fused-ring (bicyclic) bond motifs is 1. The van der Waals surface area contributed by atoms with Crippen molar-refractivity contribution < 1.29 is 14.7 Å². The number of aromatic nitrogens is 1. The summed E-state index contributed by atoms with van der Waals surface area (Å²) < 4.78 is 0. The lowest BCUT2D eigenvalue weighted by atomic mass is 10.2. The molecule has 1 aromatic carbocycles. The van der Waals surface area contributed by atoms with Crippen molar-refractivity contribution in [2.75, 3.05) is 4.90 Å². The number of hydrogen-bond donors (Lipinski definition) is 1. The molecule has 1 N–H and O–H groups in total. The molecule has 0 atom stereocenters. The van der Waals surface area contributed by atoms with Crippen LogP contribution in [0.4, 0.5) is 5.69 Å². The van der Waals surface area contributed by atoms with Gasteiger partial charge in [0.15, 0.2) is 0 Å². The molecular weight excluding hydrogens is 232 g/mol. The Kier molecular flexibility index (Phi) is 2.13. The quantitative estimate of drug-likeness (QED) is 0.768. The number of rotatable bonds is 1. The zero-order valence-electron chi connectivity index (χ0n) is 9.20. The molecule has 0 saturated heterocycles. The van der Waals surface area contributed by atoms with Gasteiger partial charge in [-0.05, 0) is 18.2 Å². The van der Waals surface area contributed by atoms with Crippen LogP contribution in [0.5, 0.6) is 5.75 Å². The summed E-state index contributed by atoms with van der Waals surface area (Å²) in [6.45, 7) is 0. The minimum atomic E-state index is -0.422. The first-order valence-corrected chi connectivity index (χ1v) is 5.30. The third-order valence-corrected chi connectivity index (χ3v) is 2.78. The number of nitrogens with zero attached hydrogens (tertiary/aromatic N) is 2. The molecule has 2 aromatic rings. The number of amides is 2. The molecule has 18 heavy (non-hydrogen) atoms. The van der Waals surface area contributed by atoms with Crippen LogP contribution in [0.15, 0.2) is 42.7 Å². The minimum Gasteiger partial charge on any atom is -0.508 e. The fourth-order valence-electron chi connectivity index (χ4n) is 1.95. The maximum absolute atomic E-state index is 12.1. The molecule has 1 aliphatic rings. The second-order valence-corrected chi connectivity index (χ2v) is 3.89. The Labute approximate surface area is 102 Å². The summed E-state index contributed by atoms with van der Waals surface area (Å²) in [7, 11) is 0. The smallest absolute Gasteiger partial charge is 0.267 e. The second-order valence-electron chi connectivity index (χ2n) is 3.89. The monoisotopic (exact) mass is 240 g/mol. The maximum atomic E-state index is 12.1. The molecule has 5 nitrogen and oxygen atoms in total. The molecule has 88 valence electrons. The number of carbonyl (C=O) groups is 2. The highest BCUT2D eigenvalue weighted by Crippen LogP contribution is 2.29. The second kappa shape index (κ2) is 3.66. The number of anilines is 1. The molecule has 0 unspecified atom stereocenters. The average molecular weight is 240 g/mol. The summed E-state index contributed by atoms with van der Waals surface area (Å²) in [5.74, 6) is -0.820. The van der Waals surface area contributed by atoms with Crippen LogP contribution in [0.2, 0.25) is 0 Å². The topological polar surface area (TPSA) is 70.5 Å². The van der Waals surface area contributed by atoms with Crippen LogP contribution in [0, 0.1) is 0 Å². The number of phenols is 1. The Hall–Kier alpha value is -2.69. The van der Waals surface area contributed by atoms with Crippen LogP contribution in [0.3, 0.4) is 0 Å². The van der Waals surface area contributed by atoms with E-state index in [0.29, 0.717) is 11.3 Å². The van der Waals surface area contributed by atoms with Gasteiger partial charge in [0.2, 0.25) is 0 Å². The molecule has 0 radical (unpaired) electrons. The number of aromatic hydroxyl groups is 1. The standard InChI is InChI=1S/C13H8N2O3/c16-9-3-1-2-8(6-9)15-12(17)10-4-5-14-7-11(10)13(15)18/h1-7,16H. The van der Waals surface area contributed by atoms with Crippen LogP contribution in [-0.4, -0.2) is 21.9 Å². The van der Waals surface area contributed by atoms with Crippen molar-refractivity contribution in [3.8, 4) is 5.75 Å². The molecule has 0 aliphatic carbocycles. The first-order chi connectivity index (χ1) is 8.68. The Morgan fingerprint density at radius 3 is 2.56 bits per heavy atom. The molecule has 2 amide bonds. The highest BCUT2D eigenvalue weighted by atomic mass is 16.3. The van der Waals surface area contributed by atoms with E-state index in [1.807, 2.05) is 0 Å². The lowest BCUT2D eigenvalue weighted by Gasteiger charge is -2.13. The summed E-state index contributed by atoms with van der Waals surface area (Å²) in [6, 6.07) is 7.53. The highest BCUT2D eigenvalue weighted by Gasteiger charge is 2.36. The third kappa shape index (κ3) is 1.37. The zero-order valence-corrected chi connectivity index (χ0v) is 9.20. The number of imide groups is 1. The van der Waals surface area contributed by atoms with Crippen LogP contribution >= 0.6 is 0 Å². The molecule has 0 spiro atoms. The van der Waals surface area contributed by atoms with Gasteiger partial charge in [-0.15, -0.1) is 0 Å². The van der Waals surface area contributed by atoms with Crippen LogP contribution < -0.4 is 4.90 Å². The molecule has 0 fully saturated rings. The van der Waals surface area contributed by atoms with E-state index in [9.17, 15) is 14.7 Å². The molecule has 0 saturated carbocycles. The van der Waals surface area contributed by atoms with Crippen molar-refractivity contribution >= 4 is 17.5 Å². The Balaban J connectivity index is 2.12. The van der Waals surface area contributed by atoms with Gasteiger partial charge < -0.3 is 5.11 Å². The predicted molar refractivity (Wildman–Crippen MR) is 63.5 cm³/mol. The molecule has 3 rings (SSSR count).